The van der Waals surface area contributed by atoms with Gasteiger partial charge in [0.15, 0.2) is 0 Å². The Hall–Kier alpha value is -1.71. The second-order valence-electron chi connectivity index (χ2n) is 3.89. The number of carbonyl (C=O) groups is 1. The second kappa shape index (κ2) is 3.81. The van der Waals surface area contributed by atoms with Crippen LogP contribution in [0.1, 0.15) is 19.3 Å². The predicted octanol–water partition coefficient (Wildman–Crippen LogP) is 1.71. The van der Waals surface area contributed by atoms with Gasteiger partial charge in [0.2, 0.25) is 5.91 Å². The van der Waals surface area contributed by atoms with Crippen molar-refractivity contribution >= 4 is 17.3 Å². The van der Waals surface area contributed by atoms with E-state index in [1.807, 2.05) is 0 Å². The highest BCUT2D eigenvalue weighted by molar-refractivity contribution is 5.95. The van der Waals surface area contributed by atoms with Gasteiger partial charge in [-0.15, -0.1) is 0 Å². The van der Waals surface area contributed by atoms with E-state index in [0.717, 1.165) is 19.3 Å². The molecule has 4 heteroatoms. The number of nitrogen functional groups attached to an aromatic ring is 1. The van der Waals surface area contributed by atoms with Crippen LogP contribution in [0.15, 0.2) is 18.2 Å². The van der Waals surface area contributed by atoms with Gasteiger partial charge in [0, 0.05) is 12.0 Å². The summed E-state index contributed by atoms with van der Waals surface area (Å²) < 4.78 is 0. The van der Waals surface area contributed by atoms with Crippen molar-refractivity contribution in [3.05, 3.63) is 18.2 Å². The van der Waals surface area contributed by atoms with Crippen molar-refractivity contribution in [3.63, 3.8) is 0 Å². The number of anilines is 2. The molecule has 1 fully saturated rings. The molecule has 0 aliphatic heterocycles. The van der Waals surface area contributed by atoms with Gasteiger partial charge in [0.1, 0.15) is 5.75 Å². The zero-order valence-electron chi connectivity index (χ0n) is 8.36. The van der Waals surface area contributed by atoms with E-state index in [1.165, 1.54) is 12.1 Å². The summed E-state index contributed by atoms with van der Waals surface area (Å²) in [7, 11) is 0. The number of aromatic hydroxyl groups is 1. The van der Waals surface area contributed by atoms with Gasteiger partial charge in [-0.2, -0.15) is 0 Å². The fraction of sp³-hybridized carbons (Fsp3) is 0.364. The van der Waals surface area contributed by atoms with Crippen molar-refractivity contribution in [2.24, 2.45) is 5.92 Å². The van der Waals surface area contributed by atoms with Crippen LogP contribution >= 0.6 is 0 Å². The lowest BCUT2D eigenvalue weighted by atomic mass is 9.85. The van der Waals surface area contributed by atoms with Crippen molar-refractivity contribution < 1.29 is 9.90 Å². The zero-order valence-corrected chi connectivity index (χ0v) is 8.36. The third-order valence-corrected chi connectivity index (χ3v) is 2.77. The summed E-state index contributed by atoms with van der Waals surface area (Å²) in [5.41, 5.74) is 6.62. The normalized spacial score (nSPS) is 15.7. The van der Waals surface area contributed by atoms with Crippen molar-refractivity contribution in [2.45, 2.75) is 19.3 Å². The molecule has 4 N–H and O–H groups in total. The summed E-state index contributed by atoms with van der Waals surface area (Å²) in [5, 5.41) is 11.9. The largest absolute Gasteiger partial charge is 0.508 e. The minimum Gasteiger partial charge on any atom is -0.508 e. The molecular weight excluding hydrogens is 192 g/mol. The van der Waals surface area contributed by atoms with Crippen molar-refractivity contribution in [1.82, 2.24) is 0 Å². The second-order valence-corrected chi connectivity index (χ2v) is 3.89. The minimum absolute atomic E-state index is 0.0265. The van der Waals surface area contributed by atoms with Gasteiger partial charge in [-0.25, -0.2) is 0 Å². The van der Waals surface area contributed by atoms with E-state index in [-0.39, 0.29) is 17.6 Å². The van der Waals surface area contributed by atoms with Crippen LogP contribution < -0.4 is 11.1 Å². The summed E-state index contributed by atoms with van der Waals surface area (Å²) in [6.07, 6.45) is 3.05. The first-order valence-electron chi connectivity index (χ1n) is 5.06. The Balaban J connectivity index is 2.06. The summed E-state index contributed by atoms with van der Waals surface area (Å²) in [4.78, 5) is 11.6. The van der Waals surface area contributed by atoms with E-state index in [4.69, 9.17) is 10.8 Å². The van der Waals surface area contributed by atoms with Gasteiger partial charge in [-0.1, -0.05) is 6.42 Å². The minimum atomic E-state index is 0.0265. The molecule has 1 amide bonds. The van der Waals surface area contributed by atoms with Crippen LogP contribution in [0.2, 0.25) is 0 Å². The molecule has 0 unspecified atom stereocenters. The Bertz CT molecular complexity index is 386. The molecule has 0 heterocycles. The lowest BCUT2D eigenvalue weighted by Gasteiger charge is -2.24. The number of hydrogen-bond acceptors (Lipinski definition) is 3. The summed E-state index contributed by atoms with van der Waals surface area (Å²) in [6.45, 7) is 0. The van der Waals surface area contributed by atoms with E-state index in [0.29, 0.717) is 11.4 Å². The third kappa shape index (κ3) is 2.03. The molecule has 4 nitrogen and oxygen atoms in total. The third-order valence-electron chi connectivity index (χ3n) is 2.77. The van der Waals surface area contributed by atoms with Crippen LogP contribution in [0, 0.1) is 5.92 Å². The summed E-state index contributed by atoms with van der Waals surface area (Å²) >= 11 is 0. The first kappa shape index (κ1) is 9.83. The highest BCUT2D eigenvalue weighted by Crippen LogP contribution is 2.29. The lowest BCUT2D eigenvalue weighted by Crippen LogP contribution is -2.28. The van der Waals surface area contributed by atoms with Crippen LogP contribution in [0.5, 0.6) is 5.75 Å². The van der Waals surface area contributed by atoms with E-state index >= 15 is 0 Å². The Morgan fingerprint density at radius 2 is 2.20 bits per heavy atom. The molecule has 1 aromatic carbocycles. The predicted molar refractivity (Wildman–Crippen MR) is 58.5 cm³/mol. The van der Waals surface area contributed by atoms with Gasteiger partial charge >= 0.3 is 0 Å². The maximum absolute atomic E-state index is 11.6. The van der Waals surface area contributed by atoms with E-state index in [2.05, 4.69) is 5.32 Å². The Morgan fingerprint density at radius 1 is 1.47 bits per heavy atom. The van der Waals surface area contributed by atoms with Crippen molar-refractivity contribution in [3.8, 4) is 5.75 Å². The SMILES string of the molecule is Nc1cc(O)ccc1NC(=O)C1CCC1. The number of benzene rings is 1. The number of rotatable bonds is 2. The Morgan fingerprint density at radius 3 is 2.73 bits per heavy atom. The molecule has 0 radical (unpaired) electrons. The fourth-order valence-electron chi connectivity index (χ4n) is 1.57. The molecule has 15 heavy (non-hydrogen) atoms. The number of carbonyl (C=O) groups excluding carboxylic acids is 1. The molecule has 2 rings (SSSR count). The first-order chi connectivity index (χ1) is 7.16. The van der Waals surface area contributed by atoms with Crippen molar-refractivity contribution in [2.75, 3.05) is 11.1 Å². The van der Waals surface area contributed by atoms with E-state index < -0.39 is 0 Å². The van der Waals surface area contributed by atoms with Crippen LogP contribution in [0.3, 0.4) is 0 Å². The molecular formula is C11H14N2O2. The van der Waals surface area contributed by atoms with Gasteiger partial charge < -0.3 is 16.2 Å². The Labute approximate surface area is 88.1 Å². The Kier molecular flexibility index (Phi) is 2.49. The molecule has 1 aliphatic rings. The van der Waals surface area contributed by atoms with Gasteiger partial charge in [0.25, 0.3) is 0 Å². The smallest absolute Gasteiger partial charge is 0.227 e. The first-order valence-corrected chi connectivity index (χ1v) is 5.06. The number of nitrogens with two attached hydrogens (primary N) is 1. The number of phenols is 1. The molecule has 0 atom stereocenters. The number of hydrogen-bond donors (Lipinski definition) is 3. The van der Waals surface area contributed by atoms with Gasteiger partial charge in [0.05, 0.1) is 11.4 Å². The number of phenolic OH excluding ortho intramolecular Hbond substituents is 1. The summed E-state index contributed by atoms with van der Waals surface area (Å²) in [5.74, 6) is 0.269. The topological polar surface area (TPSA) is 75.3 Å². The van der Waals surface area contributed by atoms with Gasteiger partial charge in [-0.3, -0.25) is 4.79 Å². The highest BCUT2D eigenvalue weighted by atomic mass is 16.3. The van der Waals surface area contributed by atoms with E-state index in [1.54, 1.807) is 6.07 Å². The fourth-order valence-corrected chi connectivity index (χ4v) is 1.57. The van der Waals surface area contributed by atoms with Crippen LogP contribution in [0.4, 0.5) is 11.4 Å². The van der Waals surface area contributed by atoms with E-state index in [9.17, 15) is 4.79 Å². The molecule has 0 spiro atoms. The molecule has 1 saturated carbocycles. The average Bonchev–Trinajstić information content (AvgIpc) is 2.07. The quantitative estimate of drug-likeness (QED) is 0.509. The summed E-state index contributed by atoms with van der Waals surface area (Å²) in [6, 6.07) is 4.55. The number of nitrogens with one attached hydrogen (secondary N) is 1. The molecule has 1 aliphatic carbocycles. The highest BCUT2D eigenvalue weighted by Gasteiger charge is 2.25. The van der Waals surface area contributed by atoms with Crippen LogP contribution in [-0.4, -0.2) is 11.0 Å². The lowest BCUT2D eigenvalue weighted by molar-refractivity contribution is -0.122. The maximum atomic E-state index is 11.6. The van der Waals surface area contributed by atoms with Crippen molar-refractivity contribution in [1.29, 1.82) is 0 Å². The average molecular weight is 206 g/mol. The zero-order chi connectivity index (χ0) is 10.8. The molecule has 80 valence electrons. The van der Waals surface area contributed by atoms with Crippen LogP contribution in [0.25, 0.3) is 0 Å². The van der Waals surface area contributed by atoms with Gasteiger partial charge in [-0.05, 0) is 25.0 Å². The molecule has 0 bridgehead atoms. The molecule has 0 aromatic heterocycles. The standard InChI is InChI=1S/C11H14N2O2/c12-9-6-8(14)4-5-10(9)13-11(15)7-2-1-3-7/h4-7,14H,1-3,12H2,(H,13,15). The van der Waals surface area contributed by atoms with Crippen LogP contribution in [-0.2, 0) is 4.79 Å². The maximum Gasteiger partial charge on any atom is 0.227 e. The molecule has 1 aromatic rings. The number of amides is 1. The monoisotopic (exact) mass is 206 g/mol. The molecule has 0 saturated heterocycles.